The van der Waals surface area contributed by atoms with Crippen LogP contribution >= 0.6 is 0 Å². The lowest BCUT2D eigenvalue weighted by Crippen LogP contribution is -2.63. The van der Waals surface area contributed by atoms with Crippen molar-refractivity contribution in [3.63, 3.8) is 0 Å². The number of nitrogens with zero attached hydrogens (tertiary/aromatic N) is 9. The van der Waals surface area contributed by atoms with Crippen LogP contribution in [0.1, 0.15) is 18.4 Å². The number of fused-ring (bicyclic) bond motifs is 1. The zero-order chi connectivity index (χ0) is 29.3. The third-order valence-corrected chi connectivity index (χ3v) is 7.07. The van der Waals surface area contributed by atoms with Crippen molar-refractivity contribution in [2.75, 3.05) is 25.1 Å². The van der Waals surface area contributed by atoms with Crippen LogP contribution in [0.2, 0.25) is 0 Å². The number of hydrogen-bond acceptors (Lipinski definition) is 9. The molecule has 0 amide bonds. The summed E-state index contributed by atoms with van der Waals surface area (Å²) in [6.07, 6.45) is -0.420. The van der Waals surface area contributed by atoms with Crippen LogP contribution in [0.5, 0.6) is 5.75 Å². The topological polar surface area (TPSA) is 164 Å². The number of pyridine rings is 1. The highest BCUT2D eigenvalue weighted by Crippen LogP contribution is 2.35. The Kier molecular flexibility index (Phi) is 7.62. The lowest BCUT2D eigenvalue weighted by molar-refractivity contribution is -0.0529. The van der Waals surface area contributed by atoms with E-state index in [1.807, 2.05) is 0 Å². The number of halogens is 4. The average molecular weight is 573 g/mol. The van der Waals surface area contributed by atoms with Crippen molar-refractivity contribution < 1.29 is 27.4 Å². The molecule has 1 aromatic carbocycles. The molecule has 0 radical (unpaired) electrons. The van der Waals surface area contributed by atoms with Crippen LogP contribution in [-0.2, 0) is 6.54 Å². The number of nitrogens with two attached hydrogens (primary N) is 1. The molecule has 0 saturated carbocycles. The van der Waals surface area contributed by atoms with Crippen LogP contribution in [0.4, 0.5) is 29.1 Å². The van der Waals surface area contributed by atoms with Gasteiger partial charge in [0.1, 0.15) is 23.8 Å². The van der Waals surface area contributed by atoms with Gasteiger partial charge in [-0.3, -0.25) is 4.98 Å². The van der Waals surface area contributed by atoms with Gasteiger partial charge in [-0.05, 0) is 41.2 Å². The van der Waals surface area contributed by atoms with Gasteiger partial charge in [0, 0.05) is 29.6 Å². The lowest BCUT2D eigenvalue weighted by Gasteiger charge is -2.44. The van der Waals surface area contributed by atoms with E-state index in [9.17, 15) is 22.7 Å². The fourth-order valence-electron chi connectivity index (χ4n) is 5.02. The van der Waals surface area contributed by atoms with Crippen molar-refractivity contribution in [1.82, 2.24) is 24.5 Å². The highest BCUT2D eigenvalue weighted by Gasteiger charge is 2.43. The number of hydrogen-bond donors (Lipinski definition) is 2. The normalized spacial score (nSPS) is 18.0. The lowest BCUT2D eigenvalue weighted by atomic mass is 9.84. The van der Waals surface area contributed by atoms with Crippen molar-refractivity contribution in [2.24, 2.45) is 10.8 Å². The van der Waals surface area contributed by atoms with E-state index in [0.29, 0.717) is 29.9 Å². The molecule has 16 heteroatoms. The van der Waals surface area contributed by atoms with E-state index in [1.54, 1.807) is 9.47 Å². The van der Waals surface area contributed by atoms with Gasteiger partial charge < -0.3 is 25.0 Å². The van der Waals surface area contributed by atoms with E-state index in [2.05, 4.69) is 30.0 Å². The molecule has 12 nitrogen and oxygen atoms in total. The largest absolute Gasteiger partial charge is 0.494 e. The van der Waals surface area contributed by atoms with E-state index >= 15 is 0 Å². The Labute approximate surface area is 230 Å². The molecular weight excluding hydrogens is 548 g/mol. The van der Waals surface area contributed by atoms with Crippen LogP contribution in [-0.4, -0.2) is 67.9 Å². The van der Waals surface area contributed by atoms with E-state index in [1.165, 1.54) is 32.0 Å². The molecule has 1 aliphatic rings. The van der Waals surface area contributed by atoms with Crippen LogP contribution in [0.3, 0.4) is 0 Å². The number of methoxy groups -OCH3 is 1. The molecule has 2 atom stereocenters. The summed E-state index contributed by atoms with van der Waals surface area (Å²) in [6, 6.07) is 3.42. The molecule has 0 spiro atoms. The molecule has 0 unspecified atom stereocenters. The Morgan fingerprint density at radius 1 is 1.20 bits per heavy atom. The van der Waals surface area contributed by atoms with Gasteiger partial charge in [-0.15, -0.1) is 0 Å². The van der Waals surface area contributed by atoms with Gasteiger partial charge in [0.2, 0.25) is 0 Å². The molecule has 214 valence electrons. The molecule has 4 aromatic rings. The van der Waals surface area contributed by atoms with E-state index < -0.39 is 29.7 Å². The third-order valence-electron chi connectivity index (χ3n) is 7.07. The molecule has 0 aliphatic carbocycles. The first-order valence-electron chi connectivity index (χ1n) is 12.4. The second kappa shape index (κ2) is 11.2. The van der Waals surface area contributed by atoms with Crippen molar-refractivity contribution in [3.05, 3.63) is 64.7 Å². The number of azide groups is 1. The quantitative estimate of drug-likeness (QED) is 0.138. The minimum absolute atomic E-state index is 0.0209. The monoisotopic (exact) mass is 572 g/mol. The van der Waals surface area contributed by atoms with Gasteiger partial charge >= 0.3 is 0 Å². The molecule has 3 N–H and O–H groups in total. The van der Waals surface area contributed by atoms with Gasteiger partial charge in [-0.1, -0.05) is 0 Å². The zero-order valence-corrected chi connectivity index (χ0v) is 21.6. The highest BCUT2D eigenvalue weighted by molar-refractivity contribution is 5.81. The molecule has 5 rings (SSSR count). The number of piperidine rings is 1. The summed E-state index contributed by atoms with van der Waals surface area (Å²) in [6.45, 7) is 0.383. The predicted octanol–water partition coefficient (Wildman–Crippen LogP) is 4.09. The van der Waals surface area contributed by atoms with Gasteiger partial charge in [0.05, 0.1) is 43.1 Å². The van der Waals surface area contributed by atoms with Gasteiger partial charge in [-0.25, -0.2) is 32.5 Å². The Hall–Kier alpha value is -4.53. The van der Waals surface area contributed by atoms with Gasteiger partial charge in [0.25, 0.3) is 6.43 Å². The highest BCUT2D eigenvalue weighted by atomic mass is 19.3. The summed E-state index contributed by atoms with van der Waals surface area (Å²) in [5, 5.41) is 13.7. The number of imidazole rings is 1. The maximum absolute atomic E-state index is 15.0. The number of alkyl halides is 2. The molecule has 1 fully saturated rings. The van der Waals surface area contributed by atoms with E-state index in [4.69, 9.17) is 16.0 Å². The molecule has 3 aromatic heterocycles. The summed E-state index contributed by atoms with van der Waals surface area (Å²) >= 11 is 0. The van der Waals surface area contributed by atoms with Crippen molar-refractivity contribution >= 4 is 22.7 Å². The summed E-state index contributed by atoms with van der Waals surface area (Å²) in [7, 11) is 1.22. The summed E-state index contributed by atoms with van der Waals surface area (Å²) in [5.41, 5.74) is 15.0. The Bertz CT molecular complexity index is 1640. The first-order chi connectivity index (χ1) is 19.6. The Morgan fingerprint density at radius 2 is 2.00 bits per heavy atom. The molecule has 41 heavy (non-hydrogen) atoms. The standard InChI is InChI=1S/C25H24F4N10O2/c1-41-19-7-15(26)14(6-16(19)27)17-5-13(9-39-12-35-20-23(36-37-31)33-11-34-24(20)39)18(8-32-17)38-4-2-3-25(30,10-38)21(40)22(28)29/h5-8,11-12,21-22,40H,2-4,9-10,30H2,1H3/t21-,25-/m1/s1. The van der Waals surface area contributed by atoms with Crippen molar-refractivity contribution in [3.8, 4) is 17.0 Å². The summed E-state index contributed by atoms with van der Waals surface area (Å²) in [4.78, 5) is 21.2. The number of anilines is 1. The van der Waals surface area contributed by atoms with Crippen LogP contribution in [0.15, 0.2) is 42.2 Å². The van der Waals surface area contributed by atoms with Gasteiger partial charge in [0.15, 0.2) is 23.0 Å². The van der Waals surface area contributed by atoms with Crippen molar-refractivity contribution in [2.45, 2.75) is 37.5 Å². The van der Waals surface area contributed by atoms with Crippen LogP contribution in [0.25, 0.3) is 32.9 Å². The molecule has 0 bridgehead atoms. The summed E-state index contributed by atoms with van der Waals surface area (Å²) in [5.74, 6) is -1.81. The SMILES string of the molecule is COc1cc(F)c(-c2cc(Cn3cnc4c(N=[N+]=[N-])ncnc43)c(N3CCC[C@](N)([C@H](O)C(F)F)C3)cn2)cc1F. The molecule has 4 heterocycles. The number of aliphatic hydroxyl groups is 1. The number of aromatic nitrogens is 5. The smallest absolute Gasteiger partial charge is 0.265 e. The maximum Gasteiger partial charge on any atom is 0.265 e. The number of rotatable bonds is 8. The fraction of sp³-hybridized carbons (Fsp3) is 0.360. The predicted molar refractivity (Wildman–Crippen MR) is 140 cm³/mol. The Morgan fingerprint density at radius 3 is 2.73 bits per heavy atom. The second-order valence-corrected chi connectivity index (χ2v) is 9.63. The zero-order valence-electron chi connectivity index (χ0n) is 21.6. The maximum atomic E-state index is 15.0. The van der Waals surface area contributed by atoms with Gasteiger partial charge in [-0.2, -0.15) is 0 Å². The number of benzene rings is 1. The minimum Gasteiger partial charge on any atom is -0.494 e. The van der Waals surface area contributed by atoms with Crippen LogP contribution < -0.4 is 15.4 Å². The first kappa shape index (κ1) is 28.0. The van der Waals surface area contributed by atoms with E-state index in [0.717, 1.165) is 12.1 Å². The second-order valence-electron chi connectivity index (χ2n) is 9.63. The molecule has 1 aliphatic heterocycles. The summed E-state index contributed by atoms with van der Waals surface area (Å²) < 4.78 is 62.8. The number of aliphatic hydroxyl groups excluding tert-OH is 1. The average Bonchev–Trinajstić information content (AvgIpc) is 3.37. The third kappa shape index (κ3) is 5.31. The molecule has 1 saturated heterocycles. The number of ether oxygens (including phenoxy) is 1. The van der Waals surface area contributed by atoms with Crippen LogP contribution in [0, 0.1) is 11.6 Å². The Balaban J connectivity index is 1.61. The minimum atomic E-state index is -3.03. The fourth-order valence-corrected chi connectivity index (χ4v) is 5.02. The van der Waals surface area contributed by atoms with E-state index in [-0.39, 0.29) is 47.9 Å². The molecular formula is C25H24F4N10O2. The van der Waals surface area contributed by atoms with Crippen molar-refractivity contribution in [1.29, 1.82) is 0 Å². The first-order valence-corrected chi connectivity index (χ1v) is 12.4.